The van der Waals surface area contributed by atoms with Crippen LogP contribution in [0.1, 0.15) is 0 Å². The molecule has 2 aromatic rings. The Morgan fingerprint density at radius 3 is 2.94 bits per heavy atom. The van der Waals surface area contributed by atoms with Crippen LogP contribution in [0.4, 0.5) is 11.4 Å². The molecule has 2 aliphatic heterocycles. The van der Waals surface area contributed by atoms with Gasteiger partial charge >= 0.3 is 0 Å². The lowest BCUT2D eigenvalue weighted by molar-refractivity contribution is 1.17. The summed E-state index contributed by atoms with van der Waals surface area (Å²) in [6.45, 7) is 0. The van der Waals surface area contributed by atoms with E-state index in [0.29, 0.717) is 5.49 Å². The van der Waals surface area contributed by atoms with Gasteiger partial charge in [0, 0.05) is 5.56 Å². The summed E-state index contributed by atoms with van der Waals surface area (Å²) in [6, 6.07) is 9.92. The molecule has 0 N–H and O–H groups in total. The van der Waals surface area contributed by atoms with Crippen molar-refractivity contribution in [1.29, 1.82) is 0 Å². The van der Waals surface area contributed by atoms with E-state index in [1.165, 1.54) is 6.34 Å². The van der Waals surface area contributed by atoms with Crippen LogP contribution < -0.4 is 10.8 Å². The lowest BCUT2D eigenvalue weighted by Gasteiger charge is -1.96. The molecule has 0 unspecified atom stereocenters. The van der Waals surface area contributed by atoms with Gasteiger partial charge in [0.15, 0.2) is 5.49 Å². The Kier molecular flexibility index (Phi) is 1.28. The minimum Gasteiger partial charge on any atom is -0.246 e. The molecular weight excluding hydrogens is 200 g/mol. The lowest BCUT2D eigenvalue weighted by atomic mass is 10.1. The highest BCUT2D eigenvalue weighted by Crippen LogP contribution is 2.30. The van der Waals surface area contributed by atoms with Gasteiger partial charge in [0.25, 0.3) is 0 Å². The van der Waals surface area contributed by atoms with E-state index >= 15 is 0 Å². The maximum atomic E-state index is 4.51. The Morgan fingerprint density at radius 2 is 1.94 bits per heavy atom. The van der Waals surface area contributed by atoms with Gasteiger partial charge in [-0.05, 0) is 12.1 Å². The first-order valence-electron chi connectivity index (χ1n) is 5.01. The molecule has 74 valence electrons. The van der Waals surface area contributed by atoms with Crippen LogP contribution in [0.15, 0.2) is 45.3 Å². The maximum absolute atomic E-state index is 4.51. The molecule has 1 aromatic heterocycles. The van der Waals surface area contributed by atoms with Crippen molar-refractivity contribution in [2.24, 2.45) is 15.0 Å². The average Bonchev–Trinajstić information content (AvgIpc) is 2.88. The van der Waals surface area contributed by atoms with Gasteiger partial charge in [-0.25, -0.2) is 20.0 Å². The van der Waals surface area contributed by atoms with E-state index in [4.69, 9.17) is 0 Å². The number of rotatable bonds is 0. The van der Waals surface area contributed by atoms with Crippen LogP contribution in [0.3, 0.4) is 0 Å². The number of aliphatic imine (C=N–C) groups is 1. The van der Waals surface area contributed by atoms with Crippen molar-refractivity contribution in [3.63, 3.8) is 0 Å². The zero-order valence-corrected chi connectivity index (χ0v) is 8.25. The predicted octanol–water partition coefficient (Wildman–Crippen LogP) is 1.31. The maximum Gasteiger partial charge on any atom is 0.180 e. The van der Waals surface area contributed by atoms with Crippen LogP contribution in [-0.2, 0) is 0 Å². The number of hydrogen-bond donors (Lipinski definition) is 0. The molecule has 0 saturated heterocycles. The standard InChI is InChI=1S/C12H6N4/c1-2-4-8-7(3-1)11-9(15-8)5-10-12(16-11)14-6-13-10/h1-6H. The molecular formula is C12H6N4. The molecule has 0 bridgehead atoms. The van der Waals surface area contributed by atoms with Crippen molar-refractivity contribution in [2.75, 3.05) is 0 Å². The van der Waals surface area contributed by atoms with E-state index in [-0.39, 0.29) is 0 Å². The molecule has 0 saturated carbocycles. The van der Waals surface area contributed by atoms with Crippen molar-refractivity contribution in [1.82, 2.24) is 4.98 Å². The smallest absolute Gasteiger partial charge is 0.180 e. The van der Waals surface area contributed by atoms with Crippen molar-refractivity contribution < 1.29 is 0 Å². The number of aromatic nitrogens is 1. The van der Waals surface area contributed by atoms with Crippen LogP contribution in [0.25, 0.3) is 11.3 Å². The number of pyridine rings is 1. The van der Waals surface area contributed by atoms with E-state index in [2.05, 4.69) is 20.0 Å². The highest BCUT2D eigenvalue weighted by atomic mass is 15.0. The van der Waals surface area contributed by atoms with Crippen LogP contribution in [0.2, 0.25) is 0 Å². The number of nitrogens with zero attached hydrogens (tertiary/aromatic N) is 4. The number of fused-ring (bicyclic) bond motifs is 4. The highest BCUT2D eigenvalue weighted by Gasteiger charge is 2.16. The molecule has 0 radical (unpaired) electrons. The molecule has 0 atom stereocenters. The molecule has 16 heavy (non-hydrogen) atoms. The molecule has 0 aliphatic carbocycles. The van der Waals surface area contributed by atoms with Crippen molar-refractivity contribution >= 4 is 17.7 Å². The SMILES string of the molecule is C1=Nc2cc3c(nc2=N1)-c1ccccc1N=3. The Bertz CT molecular complexity index is 759. The number of benzene rings is 1. The average molecular weight is 206 g/mol. The summed E-state index contributed by atoms with van der Waals surface area (Å²) >= 11 is 0. The number of hydrogen-bond acceptors (Lipinski definition) is 4. The second-order valence-electron chi connectivity index (χ2n) is 3.70. The van der Waals surface area contributed by atoms with E-state index in [1.807, 2.05) is 30.3 Å². The topological polar surface area (TPSA) is 50.0 Å². The van der Waals surface area contributed by atoms with Gasteiger partial charge in [-0.2, -0.15) is 0 Å². The van der Waals surface area contributed by atoms with Crippen LogP contribution in [0.5, 0.6) is 0 Å². The summed E-state index contributed by atoms with van der Waals surface area (Å²) in [7, 11) is 0. The minimum atomic E-state index is 0.686. The Balaban J connectivity index is 2.15. The fraction of sp³-hybridized carbons (Fsp3) is 0. The monoisotopic (exact) mass is 206 g/mol. The van der Waals surface area contributed by atoms with E-state index in [1.54, 1.807) is 0 Å². The third-order valence-electron chi connectivity index (χ3n) is 2.74. The van der Waals surface area contributed by atoms with Crippen LogP contribution >= 0.6 is 0 Å². The normalized spacial score (nSPS) is 13.8. The molecule has 2 aliphatic rings. The molecule has 4 nitrogen and oxygen atoms in total. The first kappa shape index (κ1) is 7.87. The number of para-hydroxylation sites is 1. The third-order valence-corrected chi connectivity index (χ3v) is 2.74. The molecule has 0 fully saturated rings. The highest BCUT2D eigenvalue weighted by molar-refractivity contribution is 5.77. The fourth-order valence-corrected chi connectivity index (χ4v) is 2.00. The van der Waals surface area contributed by atoms with Crippen molar-refractivity contribution in [3.05, 3.63) is 41.2 Å². The molecule has 0 spiro atoms. The summed E-state index contributed by atoms with van der Waals surface area (Å²) in [5, 5.41) is 0.884. The molecule has 4 rings (SSSR count). The van der Waals surface area contributed by atoms with E-state index in [0.717, 1.165) is 28.0 Å². The third kappa shape index (κ3) is 0.883. The molecule has 4 heteroatoms. The predicted molar refractivity (Wildman–Crippen MR) is 59.8 cm³/mol. The summed E-state index contributed by atoms with van der Waals surface area (Å²) in [4.78, 5) is 17.2. The minimum absolute atomic E-state index is 0.686. The first-order chi connectivity index (χ1) is 7.92. The Morgan fingerprint density at radius 1 is 1.00 bits per heavy atom. The summed E-state index contributed by atoms with van der Waals surface area (Å²) < 4.78 is 0. The Labute approximate surface area is 90.7 Å². The van der Waals surface area contributed by atoms with Gasteiger partial charge in [0.2, 0.25) is 0 Å². The van der Waals surface area contributed by atoms with E-state index < -0.39 is 0 Å². The van der Waals surface area contributed by atoms with Gasteiger partial charge in [-0.3, -0.25) is 0 Å². The quantitative estimate of drug-likeness (QED) is 0.547. The second kappa shape index (κ2) is 2.61. The van der Waals surface area contributed by atoms with E-state index in [9.17, 15) is 0 Å². The molecule has 0 amide bonds. The zero-order chi connectivity index (χ0) is 10.5. The van der Waals surface area contributed by atoms with Crippen molar-refractivity contribution in [3.8, 4) is 11.3 Å². The Hall–Kier alpha value is -2.36. The fourth-order valence-electron chi connectivity index (χ4n) is 2.00. The first-order valence-corrected chi connectivity index (χ1v) is 5.01. The van der Waals surface area contributed by atoms with Crippen LogP contribution in [0, 0.1) is 0 Å². The van der Waals surface area contributed by atoms with Crippen molar-refractivity contribution in [2.45, 2.75) is 0 Å². The lowest BCUT2D eigenvalue weighted by Crippen LogP contribution is -2.14. The summed E-state index contributed by atoms with van der Waals surface area (Å²) in [5.41, 5.74) is 4.43. The van der Waals surface area contributed by atoms with Gasteiger partial charge in [-0.15, -0.1) is 0 Å². The second-order valence-corrected chi connectivity index (χ2v) is 3.70. The van der Waals surface area contributed by atoms with Gasteiger partial charge in [0.1, 0.15) is 17.7 Å². The summed E-state index contributed by atoms with van der Waals surface area (Å²) in [6.07, 6.45) is 1.53. The van der Waals surface area contributed by atoms with Gasteiger partial charge in [-0.1, -0.05) is 18.2 Å². The zero-order valence-electron chi connectivity index (χ0n) is 8.25. The molecule has 1 aromatic carbocycles. The largest absolute Gasteiger partial charge is 0.246 e. The summed E-state index contributed by atoms with van der Waals surface area (Å²) in [5.74, 6) is 0. The van der Waals surface area contributed by atoms with Gasteiger partial charge < -0.3 is 0 Å². The van der Waals surface area contributed by atoms with Gasteiger partial charge in [0.05, 0.1) is 11.0 Å². The van der Waals surface area contributed by atoms with Crippen LogP contribution in [-0.4, -0.2) is 11.3 Å². The molecule has 3 heterocycles.